The van der Waals surface area contributed by atoms with Crippen molar-refractivity contribution in [3.05, 3.63) is 0 Å². The zero-order valence-corrected chi connectivity index (χ0v) is 9.71. The average molecular weight is 199 g/mol. The fraction of sp³-hybridized carbons (Fsp3) is 1.00. The van der Waals surface area contributed by atoms with Crippen molar-refractivity contribution >= 4 is 0 Å². The van der Waals surface area contributed by atoms with Crippen molar-refractivity contribution in [3.63, 3.8) is 0 Å². The largest absolute Gasteiger partial charge is 0.330 e. The van der Waals surface area contributed by atoms with Gasteiger partial charge in [-0.1, -0.05) is 13.8 Å². The van der Waals surface area contributed by atoms with Crippen LogP contribution in [0.4, 0.5) is 0 Å². The first-order valence-electron chi connectivity index (χ1n) is 5.91. The van der Waals surface area contributed by atoms with Gasteiger partial charge >= 0.3 is 0 Å². The van der Waals surface area contributed by atoms with Gasteiger partial charge in [0.15, 0.2) is 0 Å². The molecule has 3 nitrogen and oxygen atoms in total. The Morgan fingerprint density at radius 2 is 1.79 bits per heavy atom. The van der Waals surface area contributed by atoms with Crippen LogP contribution in [0, 0.1) is 5.92 Å². The van der Waals surface area contributed by atoms with Crippen LogP contribution >= 0.6 is 0 Å². The smallest absolute Gasteiger partial charge is 0.0109 e. The molecule has 14 heavy (non-hydrogen) atoms. The molecule has 1 aliphatic heterocycles. The maximum Gasteiger partial charge on any atom is 0.0109 e. The number of hydrogen-bond donors (Lipinski definition) is 1. The van der Waals surface area contributed by atoms with Crippen LogP contribution in [0.5, 0.6) is 0 Å². The third kappa shape index (κ3) is 3.95. The summed E-state index contributed by atoms with van der Waals surface area (Å²) in [6.07, 6.45) is 1.31. The van der Waals surface area contributed by atoms with Gasteiger partial charge in [-0.15, -0.1) is 0 Å². The van der Waals surface area contributed by atoms with E-state index in [1.54, 1.807) is 0 Å². The lowest BCUT2D eigenvalue weighted by Crippen LogP contribution is -2.35. The number of hydrogen-bond acceptors (Lipinski definition) is 3. The summed E-state index contributed by atoms with van der Waals surface area (Å²) in [5, 5.41) is 0. The average Bonchev–Trinajstić information content (AvgIpc) is 2.43. The lowest BCUT2D eigenvalue weighted by atomic mass is 10.1. The second-order valence-corrected chi connectivity index (χ2v) is 4.43. The molecule has 84 valence electrons. The molecule has 0 saturated carbocycles. The van der Waals surface area contributed by atoms with E-state index in [0.29, 0.717) is 5.92 Å². The maximum absolute atomic E-state index is 5.64. The summed E-state index contributed by atoms with van der Waals surface area (Å²) < 4.78 is 0. The molecule has 1 fully saturated rings. The molecule has 0 aromatic carbocycles. The lowest BCUT2D eigenvalue weighted by Gasteiger charge is -2.23. The molecule has 0 radical (unpaired) electrons. The number of nitrogens with zero attached hydrogens (tertiary/aromatic N) is 2. The van der Waals surface area contributed by atoms with Gasteiger partial charge in [0.2, 0.25) is 0 Å². The van der Waals surface area contributed by atoms with Gasteiger partial charge in [-0.3, -0.25) is 0 Å². The highest BCUT2D eigenvalue weighted by atomic mass is 15.2. The molecule has 1 saturated heterocycles. The van der Waals surface area contributed by atoms with Crippen molar-refractivity contribution < 1.29 is 0 Å². The molecule has 1 heterocycles. The van der Waals surface area contributed by atoms with Crippen LogP contribution in [-0.4, -0.2) is 55.6 Å². The second-order valence-electron chi connectivity index (χ2n) is 4.43. The van der Waals surface area contributed by atoms with Gasteiger partial charge in [0.1, 0.15) is 0 Å². The van der Waals surface area contributed by atoms with Gasteiger partial charge in [-0.2, -0.15) is 0 Å². The van der Waals surface area contributed by atoms with Crippen LogP contribution in [0.2, 0.25) is 0 Å². The molecule has 0 aromatic rings. The monoisotopic (exact) mass is 199 g/mol. The van der Waals surface area contributed by atoms with Gasteiger partial charge in [0.05, 0.1) is 0 Å². The van der Waals surface area contributed by atoms with Gasteiger partial charge in [-0.25, -0.2) is 0 Å². The van der Waals surface area contributed by atoms with E-state index in [0.717, 1.165) is 6.54 Å². The van der Waals surface area contributed by atoms with Gasteiger partial charge in [0.25, 0.3) is 0 Å². The van der Waals surface area contributed by atoms with E-state index in [2.05, 4.69) is 23.6 Å². The Balaban J connectivity index is 2.27. The Hall–Kier alpha value is -0.120. The summed E-state index contributed by atoms with van der Waals surface area (Å²) in [5.74, 6) is 0.642. The highest BCUT2D eigenvalue weighted by molar-refractivity contribution is 4.70. The van der Waals surface area contributed by atoms with E-state index >= 15 is 0 Å². The molecule has 0 aliphatic carbocycles. The summed E-state index contributed by atoms with van der Waals surface area (Å²) in [5.41, 5.74) is 5.64. The van der Waals surface area contributed by atoms with E-state index in [4.69, 9.17) is 5.73 Å². The van der Waals surface area contributed by atoms with Crippen LogP contribution in [0.3, 0.4) is 0 Å². The minimum Gasteiger partial charge on any atom is -0.330 e. The zero-order chi connectivity index (χ0) is 10.4. The molecule has 1 aliphatic rings. The molecular weight excluding hydrogens is 174 g/mol. The molecule has 3 heteroatoms. The zero-order valence-electron chi connectivity index (χ0n) is 9.71. The molecule has 0 aromatic heterocycles. The maximum atomic E-state index is 5.64. The van der Waals surface area contributed by atoms with E-state index in [-0.39, 0.29) is 0 Å². The van der Waals surface area contributed by atoms with Gasteiger partial charge < -0.3 is 15.5 Å². The quantitative estimate of drug-likeness (QED) is 0.720. The topological polar surface area (TPSA) is 32.5 Å². The van der Waals surface area contributed by atoms with Crippen LogP contribution in [0.25, 0.3) is 0 Å². The minimum absolute atomic E-state index is 0.642. The summed E-state index contributed by atoms with van der Waals surface area (Å²) in [6, 6.07) is 0. The standard InChI is InChI=1S/C11H25N3/c1-3-13-5-4-6-14(8-7-13)10-11(2)9-12/h11H,3-10,12H2,1-2H3. The van der Waals surface area contributed by atoms with Crippen molar-refractivity contribution in [1.29, 1.82) is 0 Å². The Morgan fingerprint density at radius 3 is 2.43 bits per heavy atom. The molecule has 1 atom stereocenters. The molecule has 2 N–H and O–H groups in total. The van der Waals surface area contributed by atoms with Crippen molar-refractivity contribution in [2.45, 2.75) is 20.3 Å². The van der Waals surface area contributed by atoms with Crippen molar-refractivity contribution in [2.24, 2.45) is 11.7 Å². The third-order valence-electron chi connectivity index (χ3n) is 3.10. The third-order valence-corrected chi connectivity index (χ3v) is 3.10. The predicted molar refractivity (Wildman–Crippen MR) is 61.4 cm³/mol. The Morgan fingerprint density at radius 1 is 1.14 bits per heavy atom. The summed E-state index contributed by atoms with van der Waals surface area (Å²) in [4.78, 5) is 5.10. The fourth-order valence-corrected chi connectivity index (χ4v) is 2.04. The van der Waals surface area contributed by atoms with E-state index in [1.807, 2.05) is 0 Å². The van der Waals surface area contributed by atoms with E-state index in [1.165, 1.54) is 45.7 Å². The Bertz CT molecular complexity index is 149. The van der Waals surface area contributed by atoms with Crippen molar-refractivity contribution in [1.82, 2.24) is 9.80 Å². The van der Waals surface area contributed by atoms with E-state index < -0.39 is 0 Å². The normalized spacial score (nSPS) is 23.4. The predicted octanol–water partition coefficient (Wildman–Crippen LogP) is 0.609. The van der Waals surface area contributed by atoms with Gasteiger partial charge in [0, 0.05) is 19.6 Å². The molecule has 0 bridgehead atoms. The summed E-state index contributed by atoms with van der Waals surface area (Å²) in [6.45, 7) is 12.6. The fourth-order valence-electron chi connectivity index (χ4n) is 2.04. The van der Waals surface area contributed by atoms with Gasteiger partial charge in [-0.05, 0) is 38.5 Å². The molecular formula is C11H25N3. The Kier molecular flexibility index (Phi) is 5.45. The molecule has 0 amide bonds. The highest BCUT2D eigenvalue weighted by Gasteiger charge is 2.14. The number of nitrogens with two attached hydrogens (primary N) is 1. The van der Waals surface area contributed by atoms with Crippen molar-refractivity contribution in [2.75, 3.05) is 45.8 Å². The van der Waals surface area contributed by atoms with Crippen molar-refractivity contribution in [3.8, 4) is 0 Å². The van der Waals surface area contributed by atoms with Crippen LogP contribution in [-0.2, 0) is 0 Å². The van der Waals surface area contributed by atoms with E-state index in [9.17, 15) is 0 Å². The molecule has 1 unspecified atom stereocenters. The molecule has 1 rings (SSSR count). The van der Waals surface area contributed by atoms with Crippen LogP contribution in [0.1, 0.15) is 20.3 Å². The first-order chi connectivity index (χ1) is 6.76. The lowest BCUT2D eigenvalue weighted by molar-refractivity contribution is 0.238. The van der Waals surface area contributed by atoms with Crippen LogP contribution in [0.15, 0.2) is 0 Å². The minimum atomic E-state index is 0.642. The first-order valence-corrected chi connectivity index (χ1v) is 5.91. The SMILES string of the molecule is CCN1CCCN(CC(C)CN)CC1. The Labute approximate surface area is 88.2 Å². The van der Waals surface area contributed by atoms with Crippen LogP contribution < -0.4 is 5.73 Å². The first kappa shape index (κ1) is 12.0. The molecule has 0 spiro atoms. The summed E-state index contributed by atoms with van der Waals surface area (Å²) >= 11 is 0. The second kappa shape index (κ2) is 6.38. The summed E-state index contributed by atoms with van der Waals surface area (Å²) in [7, 11) is 0. The number of rotatable bonds is 4. The highest BCUT2D eigenvalue weighted by Crippen LogP contribution is 2.05. The number of likely N-dealkylation sites (N-methyl/N-ethyl adjacent to an activating group) is 1.